The molecule has 1 rings (SSSR count). The minimum atomic E-state index is -0.422. The Kier molecular flexibility index (Phi) is 6.58. The summed E-state index contributed by atoms with van der Waals surface area (Å²) < 4.78 is 6.02. The summed E-state index contributed by atoms with van der Waals surface area (Å²) >= 11 is 0. The number of aromatic nitrogens is 3. The van der Waals surface area contributed by atoms with E-state index in [4.69, 9.17) is 0 Å². The van der Waals surface area contributed by atoms with Gasteiger partial charge in [0.15, 0.2) is 0 Å². The summed E-state index contributed by atoms with van der Waals surface area (Å²) in [5.74, 6) is -0.369. The molecular formula is C14H22N4O3. The number of nitrogens with one attached hydrogen (secondary N) is 1. The summed E-state index contributed by atoms with van der Waals surface area (Å²) in [4.78, 5) is 23.1. The third-order valence-corrected chi connectivity index (χ3v) is 3.19. The fourth-order valence-electron chi connectivity index (χ4n) is 1.85. The lowest BCUT2D eigenvalue weighted by Gasteiger charge is -2.11. The summed E-state index contributed by atoms with van der Waals surface area (Å²) in [5, 5.41) is 10.6. The summed E-state index contributed by atoms with van der Waals surface area (Å²) in [6, 6.07) is 0. The molecule has 0 aliphatic rings. The number of amides is 1. The van der Waals surface area contributed by atoms with Gasteiger partial charge in [0, 0.05) is 12.1 Å². The van der Waals surface area contributed by atoms with Crippen LogP contribution in [0.3, 0.4) is 0 Å². The normalized spacial score (nSPS) is 11.6. The largest absolute Gasteiger partial charge is 0.466 e. The van der Waals surface area contributed by atoms with Crippen LogP contribution in [0.5, 0.6) is 0 Å². The number of carbonyl (C=O) groups is 2. The molecule has 0 saturated carbocycles. The molecular weight excluding hydrogens is 272 g/mol. The fraction of sp³-hybridized carbons (Fsp3) is 0.571. The van der Waals surface area contributed by atoms with Gasteiger partial charge in [0.2, 0.25) is 5.91 Å². The van der Waals surface area contributed by atoms with E-state index in [1.54, 1.807) is 13.1 Å². The Balaban J connectivity index is 2.60. The first-order valence-electron chi connectivity index (χ1n) is 6.96. The molecule has 116 valence electrons. The van der Waals surface area contributed by atoms with Gasteiger partial charge < -0.3 is 10.1 Å². The van der Waals surface area contributed by atoms with Crippen LogP contribution in [0.25, 0.3) is 6.20 Å². The van der Waals surface area contributed by atoms with Gasteiger partial charge in [-0.1, -0.05) is 19.1 Å². The lowest BCUT2D eigenvalue weighted by Crippen LogP contribution is -2.29. The fourth-order valence-corrected chi connectivity index (χ4v) is 1.85. The van der Waals surface area contributed by atoms with Gasteiger partial charge in [0.05, 0.1) is 25.4 Å². The van der Waals surface area contributed by atoms with E-state index in [2.05, 4.69) is 20.4 Å². The van der Waals surface area contributed by atoms with Crippen molar-refractivity contribution >= 4 is 18.1 Å². The van der Waals surface area contributed by atoms with Crippen molar-refractivity contribution in [2.24, 2.45) is 5.92 Å². The van der Waals surface area contributed by atoms with Crippen molar-refractivity contribution in [2.45, 2.75) is 40.2 Å². The Hall–Kier alpha value is -2.18. The Morgan fingerprint density at radius 1 is 1.43 bits per heavy atom. The summed E-state index contributed by atoms with van der Waals surface area (Å²) in [5.41, 5.74) is 1.04. The SMILES string of the molecule is CCC(CC)C(=O)NCc1cn(/C=C(\C)C(=O)OC)nn1. The Morgan fingerprint density at radius 3 is 2.67 bits per heavy atom. The zero-order valence-electron chi connectivity index (χ0n) is 12.9. The molecule has 1 amide bonds. The van der Waals surface area contributed by atoms with Gasteiger partial charge in [-0.2, -0.15) is 0 Å². The van der Waals surface area contributed by atoms with Crippen LogP contribution in [-0.2, 0) is 20.9 Å². The van der Waals surface area contributed by atoms with Crippen molar-refractivity contribution in [1.82, 2.24) is 20.3 Å². The van der Waals surface area contributed by atoms with Crippen LogP contribution in [0.1, 0.15) is 39.3 Å². The quantitative estimate of drug-likeness (QED) is 0.606. The second-order valence-electron chi connectivity index (χ2n) is 4.72. The second-order valence-corrected chi connectivity index (χ2v) is 4.72. The predicted molar refractivity (Wildman–Crippen MR) is 77.9 cm³/mol. The number of hydrogen-bond donors (Lipinski definition) is 1. The summed E-state index contributed by atoms with van der Waals surface area (Å²) in [6.45, 7) is 5.93. The number of rotatable bonds is 7. The summed E-state index contributed by atoms with van der Waals surface area (Å²) in [6.07, 6.45) is 4.80. The highest BCUT2D eigenvalue weighted by Gasteiger charge is 2.14. The highest BCUT2D eigenvalue weighted by atomic mass is 16.5. The topological polar surface area (TPSA) is 86.1 Å². The van der Waals surface area contributed by atoms with Crippen LogP contribution < -0.4 is 5.32 Å². The third-order valence-electron chi connectivity index (χ3n) is 3.19. The van der Waals surface area contributed by atoms with Gasteiger partial charge in [-0.25, -0.2) is 9.48 Å². The van der Waals surface area contributed by atoms with Crippen molar-refractivity contribution in [3.8, 4) is 0 Å². The van der Waals surface area contributed by atoms with Gasteiger partial charge >= 0.3 is 5.97 Å². The van der Waals surface area contributed by atoms with Crippen LogP contribution >= 0.6 is 0 Å². The van der Waals surface area contributed by atoms with Crippen LogP contribution in [0.4, 0.5) is 0 Å². The molecule has 0 spiro atoms. The molecule has 0 unspecified atom stereocenters. The number of hydrogen-bond acceptors (Lipinski definition) is 5. The monoisotopic (exact) mass is 294 g/mol. The van der Waals surface area contributed by atoms with E-state index in [0.717, 1.165) is 12.8 Å². The summed E-state index contributed by atoms with van der Waals surface area (Å²) in [7, 11) is 1.32. The number of carbonyl (C=O) groups excluding carboxylic acids is 2. The van der Waals surface area contributed by atoms with Gasteiger partial charge in [-0.3, -0.25) is 4.79 Å². The van der Waals surface area contributed by atoms with E-state index in [1.807, 2.05) is 13.8 Å². The molecule has 21 heavy (non-hydrogen) atoms. The molecule has 1 N–H and O–H groups in total. The van der Waals surface area contributed by atoms with Crippen LogP contribution in [0.2, 0.25) is 0 Å². The average molecular weight is 294 g/mol. The number of ether oxygens (including phenoxy) is 1. The first-order chi connectivity index (χ1) is 10.0. The molecule has 0 aliphatic heterocycles. The van der Waals surface area contributed by atoms with Crippen molar-refractivity contribution in [1.29, 1.82) is 0 Å². The molecule has 1 aromatic rings. The number of esters is 1. The molecule has 1 aromatic heterocycles. The first kappa shape index (κ1) is 16.9. The molecule has 0 atom stereocenters. The van der Waals surface area contributed by atoms with Crippen LogP contribution in [-0.4, -0.2) is 34.0 Å². The molecule has 0 fully saturated rings. The lowest BCUT2D eigenvalue weighted by molar-refractivity contribution is -0.136. The van der Waals surface area contributed by atoms with E-state index < -0.39 is 5.97 Å². The smallest absolute Gasteiger partial charge is 0.334 e. The molecule has 0 saturated heterocycles. The van der Waals surface area contributed by atoms with Gasteiger partial charge in [-0.15, -0.1) is 5.10 Å². The Morgan fingerprint density at radius 2 is 2.10 bits per heavy atom. The van der Waals surface area contributed by atoms with Crippen molar-refractivity contribution in [2.75, 3.05) is 7.11 Å². The Bertz CT molecular complexity index is 518. The standard InChI is InChI=1S/C14H22N4O3/c1-5-11(6-2)13(19)15-7-12-9-18(17-16-12)8-10(3)14(20)21-4/h8-9,11H,5-7H2,1-4H3,(H,15,19)/b10-8+. The molecule has 0 aliphatic carbocycles. The van der Waals surface area contributed by atoms with Crippen LogP contribution in [0, 0.1) is 5.92 Å². The zero-order chi connectivity index (χ0) is 15.8. The number of methoxy groups -OCH3 is 1. The maximum absolute atomic E-state index is 11.9. The van der Waals surface area contributed by atoms with Crippen molar-refractivity contribution in [3.05, 3.63) is 17.5 Å². The molecule has 0 aromatic carbocycles. The van der Waals surface area contributed by atoms with Gasteiger partial charge in [0.1, 0.15) is 5.69 Å². The molecule has 1 heterocycles. The highest BCUT2D eigenvalue weighted by molar-refractivity contribution is 5.90. The van der Waals surface area contributed by atoms with Gasteiger partial charge in [0.25, 0.3) is 0 Å². The van der Waals surface area contributed by atoms with E-state index in [0.29, 0.717) is 17.8 Å². The number of nitrogens with zero attached hydrogens (tertiary/aromatic N) is 3. The molecule has 0 radical (unpaired) electrons. The third kappa shape index (κ3) is 5.02. The van der Waals surface area contributed by atoms with E-state index in [9.17, 15) is 9.59 Å². The average Bonchev–Trinajstić information content (AvgIpc) is 2.92. The second kappa shape index (κ2) is 8.18. The molecule has 7 heteroatoms. The molecule has 0 bridgehead atoms. The van der Waals surface area contributed by atoms with E-state index in [-0.39, 0.29) is 11.8 Å². The van der Waals surface area contributed by atoms with E-state index in [1.165, 1.54) is 18.0 Å². The van der Waals surface area contributed by atoms with Crippen molar-refractivity contribution < 1.29 is 14.3 Å². The lowest BCUT2D eigenvalue weighted by atomic mass is 10.0. The zero-order valence-corrected chi connectivity index (χ0v) is 12.9. The van der Waals surface area contributed by atoms with E-state index >= 15 is 0 Å². The Labute approximate surface area is 124 Å². The molecule has 7 nitrogen and oxygen atoms in total. The highest BCUT2D eigenvalue weighted by Crippen LogP contribution is 2.07. The minimum absolute atomic E-state index is 0.0239. The predicted octanol–water partition coefficient (Wildman–Crippen LogP) is 1.36. The maximum atomic E-state index is 11.9. The maximum Gasteiger partial charge on any atom is 0.334 e. The van der Waals surface area contributed by atoms with Gasteiger partial charge in [-0.05, 0) is 19.8 Å². The van der Waals surface area contributed by atoms with Crippen molar-refractivity contribution in [3.63, 3.8) is 0 Å². The first-order valence-corrected chi connectivity index (χ1v) is 6.96. The van der Waals surface area contributed by atoms with Crippen LogP contribution in [0.15, 0.2) is 11.8 Å². The minimum Gasteiger partial charge on any atom is -0.466 e.